The Kier molecular flexibility index (Phi) is 7.98. The van der Waals surface area contributed by atoms with Gasteiger partial charge in [0.05, 0.1) is 4.90 Å². The molecule has 0 bridgehead atoms. The number of anilines is 1. The van der Waals surface area contributed by atoms with Gasteiger partial charge in [0.25, 0.3) is 0 Å². The van der Waals surface area contributed by atoms with Crippen molar-refractivity contribution in [2.24, 2.45) is 5.92 Å². The predicted octanol–water partition coefficient (Wildman–Crippen LogP) is 1.73. The highest BCUT2D eigenvalue weighted by Gasteiger charge is 2.15. The summed E-state index contributed by atoms with van der Waals surface area (Å²) in [6.07, 6.45) is 3.57. The average Bonchev–Trinajstić information content (AvgIpc) is 2.54. The van der Waals surface area contributed by atoms with E-state index in [2.05, 4.69) is 15.4 Å². The van der Waals surface area contributed by atoms with Gasteiger partial charge in [-0.15, -0.1) is 12.4 Å². The molecule has 130 valence electrons. The number of sulfonamides is 1. The third-order valence-corrected chi connectivity index (χ3v) is 5.35. The zero-order chi connectivity index (χ0) is 16.0. The average molecular weight is 362 g/mol. The van der Waals surface area contributed by atoms with Crippen molar-refractivity contribution >= 4 is 34.0 Å². The van der Waals surface area contributed by atoms with Crippen LogP contribution in [0.2, 0.25) is 0 Å². The van der Waals surface area contributed by atoms with Crippen LogP contribution in [0.3, 0.4) is 0 Å². The van der Waals surface area contributed by atoms with E-state index in [4.69, 9.17) is 0 Å². The monoisotopic (exact) mass is 361 g/mol. The first-order valence-electron chi connectivity index (χ1n) is 7.55. The van der Waals surface area contributed by atoms with E-state index in [9.17, 15) is 13.2 Å². The minimum Gasteiger partial charge on any atom is -0.326 e. The van der Waals surface area contributed by atoms with Gasteiger partial charge in [0.15, 0.2) is 0 Å². The molecule has 0 aromatic heterocycles. The number of carbonyl (C=O) groups excluding carboxylic acids is 1. The second-order valence-corrected chi connectivity index (χ2v) is 7.40. The lowest BCUT2D eigenvalue weighted by Crippen LogP contribution is -2.28. The summed E-state index contributed by atoms with van der Waals surface area (Å²) in [4.78, 5) is 12.1. The van der Waals surface area contributed by atoms with Gasteiger partial charge < -0.3 is 10.6 Å². The van der Waals surface area contributed by atoms with E-state index >= 15 is 0 Å². The maximum Gasteiger partial charge on any atom is 0.240 e. The second kappa shape index (κ2) is 9.22. The van der Waals surface area contributed by atoms with E-state index in [1.165, 1.54) is 19.2 Å². The SMILES string of the molecule is CNS(=O)(=O)c1cccc(NC(=O)CCC2CCNCC2)c1.Cl. The fourth-order valence-electron chi connectivity index (χ4n) is 2.59. The van der Waals surface area contributed by atoms with Crippen molar-refractivity contribution in [2.45, 2.75) is 30.6 Å². The number of carbonyl (C=O) groups is 1. The fraction of sp³-hybridized carbons (Fsp3) is 0.533. The lowest BCUT2D eigenvalue weighted by Gasteiger charge is -2.22. The Labute approximate surface area is 143 Å². The van der Waals surface area contributed by atoms with Crippen molar-refractivity contribution in [1.29, 1.82) is 0 Å². The zero-order valence-corrected chi connectivity index (χ0v) is 14.8. The van der Waals surface area contributed by atoms with Gasteiger partial charge in [0, 0.05) is 12.1 Å². The van der Waals surface area contributed by atoms with Gasteiger partial charge in [0.2, 0.25) is 15.9 Å². The van der Waals surface area contributed by atoms with Crippen molar-refractivity contribution < 1.29 is 13.2 Å². The normalized spacial score (nSPS) is 15.7. The van der Waals surface area contributed by atoms with Crippen LogP contribution < -0.4 is 15.4 Å². The Morgan fingerprint density at radius 3 is 2.65 bits per heavy atom. The quantitative estimate of drug-likeness (QED) is 0.720. The number of nitrogens with one attached hydrogen (secondary N) is 3. The Morgan fingerprint density at radius 2 is 2.00 bits per heavy atom. The van der Waals surface area contributed by atoms with E-state index in [1.54, 1.807) is 12.1 Å². The molecule has 1 aliphatic heterocycles. The summed E-state index contributed by atoms with van der Waals surface area (Å²) in [5.74, 6) is 0.528. The molecule has 0 unspecified atom stereocenters. The van der Waals surface area contributed by atoms with Crippen LogP contribution in [0.15, 0.2) is 29.2 Å². The van der Waals surface area contributed by atoms with Crippen LogP contribution in [0.5, 0.6) is 0 Å². The summed E-state index contributed by atoms with van der Waals surface area (Å²) < 4.78 is 25.7. The molecular formula is C15H24ClN3O3S. The first-order chi connectivity index (χ1) is 10.5. The molecule has 1 heterocycles. The molecule has 8 heteroatoms. The maximum atomic E-state index is 12.0. The van der Waals surface area contributed by atoms with Crippen molar-refractivity contribution in [2.75, 3.05) is 25.5 Å². The lowest BCUT2D eigenvalue weighted by molar-refractivity contribution is -0.116. The number of benzene rings is 1. The maximum absolute atomic E-state index is 12.0. The van der Waals surface area contributed by atoms with Gasteiger partial charge >= 0.3 is 0 Å². The molecule has 1 amide bonds. The summed E-state index contributed by atoms with van der Waals surface area (Å²) in [5.41, 5.74) is 0.506. The zero-order valence-electron chi connectivity index (χ0n) is 13.2. The van der Waals surface area contributed by atoms with Crippen LogP contribution in [0.1, 0.15) is 25.7 Å². The number of hydrogen-bond donors (Lipinski definition) is 3. The topological polar surface area (TPSA) is 87.3 Å². The van der Waals surface area contributed by atoms with Crippen LogP contribution in [0, 0.1) is 5.92 Å². The molecule has 0 saturated carbocycles. The molecule has 0 radical (unpaired) electrons. The number of piperidine rings is 1. The number of hydrogen-bond acceptors (Lipinski definition) is 4. The second-order valence-electron chi connectivity index (χ2n) is 5.52. The smallest absolute Gasteiger partial charge is 0.240 e. The molecular weight excluding hydrogens is 338 g/mol. The van der Waals surface area contributed by atoms with E-state index in [0.717, 1.165) is 32.4 Å². The molecule has 23 heavy (non-hydrogen) atoms. The summed E-state index contributed by atoms with van der Waals surface area (Å²) in [5, 5.41) is 6.08. The summed E-state index contributed by atoms with van der Waals surface area (Å²) in [6.45, 7) is 2.05. The third kappa shape index (κ3) is 6.10. The highest BCUT2D eigenvalue weighted by Crippen LogP contribution is 2.19. The molecule has 1 saturated heterocycles. The Balaban J connectivity index is 0.00000264. The minimum absolute atomic E-state index is 0. The fourth-order valence-corrected chi connectivity index (χ4v) is 3.36. The first kappa shape index (κ1) is 19.9. The van der Waals surface area contributed by atoms with Gasteiger partial charge in [-0.3, -0.25) is 4.79 Å². The van der Waals surface area contributed by atoms with Crippen LogP contribution in [0.25, 0.3) is 0 Å². The summed E-state index contributed by atoms with van der Waals surface area (Å²) in [6, 6.07) is 6.27. The minimum atomic E-state index is -3.49. The number of amides is 1. The summed E-state index contributed by atoms with van der Waals surface area (Å²) >= 11 is 0. The van der Waals surface area contributed by atoms with E-state index in [1.807, 2.05) is 0 Å². The van der Waals surface area contributed by atoms with Gasteiger partial charge in [0.1, 0.15) is 0 Å². The molecule has 1 fully saturated rings. The van der Waals surface area contributed by atoms with Crippen molar-refractivity contribution in [1.82, 2.24) is 10.0 Å². The lowest BCUT2D eigenvalue weighted by atomic mass is 9.93. The molecule has 1 aliphatic rings. The number of rotatable bonds is 6. The van der Waals surface area contributed by atoms with Gasteiger partial charge in [-0.25, -0.2) is 13.1 Å². The highest BCUT2D eigenvalue weighted by atomic mass is 35.5. The van der Waals surface area contributed by atoms with Crippen LogP contribution >= 0.6 is 12.4 Å². The Bertz CT molecular complexity index is 616. The molecule has 0 aliphatic carbocycles. The van der Waals surface area contributed by atoms with Crippen LogP contribution in [0.4, 0.5) is 5.69 Å². The van der Waals surface area contributed by atoms with E-state index in [0.29, 0.717) is 18.0 Å². The molecule has 0 atom stereocenters. The van der Waals surface area contributed by atoms with Crippen molar-refractivity contribution in [3.8, 4) is 0 Å². The van der Waals surface area contributed by atoms with Gasteiger partial charge in [-0.2, -0.15) is 0 Å². The summed E-state index contributed by atoms with van der Waals surface area (Å²) in [7, 11) is -2.13. The molecule has 2 rings (SSSR count). The van der Waals surface area contributed by atoms with Crippen LogP contribution in [-0.2, 0) is 14.8 Å². The Morgan fingerprint density at radius 1 is 1.30 bits per heavy atom. The highest BCUT2D eigenvalue weighted by molar-refractivity contribution is 7.89. The van der Waals surface area contributed by atoms with Crippen LogP contribution in [-0.4, -0.2) is 34.5 Å². The van der Waals surface area contributed by atoms with E-state index < -0.39 is 10.0 Å². The predicted molar refractivity (Wildman–Crippen MR) is 93.4 cm³/mol. The third-order valence-electron chi connectivity index (χ3n) is 3.94. The van der Waals surface area contributed by atoms with Gasteiger partial charge in [-0.05, 0) is 63.5 Å². The first-order valence-corrected chi connectivity index (χ1v) is 9.04. The largest absolute Gasteiger partial charge is 0.326 e. The van der Waals surface area contributed by atoms with Crippen molar-refractivity contribution in [3.05, 3.63) is 24.3 Å². The molecule has 3 N–H and O–H groups in total. The molecule has 1 aromatic carbocycles. The van der Waals surface area contributed by atoms with Crippen molar-refractivity contribution in [3.63, 3.8) is 0 Å². The van der Waals surface area contributed by atoms with E-state index in [-0.39, 0.29) is 23.2 Å². The standard InChI is InChI=1S/C15H23N3O3S.ClH/c1-16-22(20,21)14-4-2-3-13(11-14)18-15(19)6-5-12-7-9-17-10-8-12;/h2-4,11-12,16-17H,5-10H2,1H3,(H,18,19);1H. The Hall–Kier alpha value is -1.15. The molecule has 6 nitrogen and oxygen atoms in total. The number of halogens is 1. The molecule has 0 spiro atoms. The molecule has 1 aromatic rings. The van der Waals surface area contributed by atoms with Gasteiger partial charge in [-0.1, -0.05) is 6.07 Å².